The maximum Gasteiger partial charge on any atom is 0.326 e. The summed E-state index contributed by atoms with van der Waals surface area (Å²) in [6.07, 6.45) is -6.78. The Morgan fingerprint density at radius 3 is 1.16 bits per heavy atom. The summed E-state index contributed by atoms with van der Waals surface area (Å²) in [5.41, 5.74) is 21.6. The van der Waals surface area contributed by atoms with E-state index in [1.807, 2.05) is 0 Å². The number of carboxylic acids is 2. The van der Waals surface area contributed by atoms with E-state index < -0.39 is 247 Å². The molecule has 101 heavy (non-hydrogen) atoms. The first-order valence-corrected chi connectivity index (χ1v) is 32.3. The normalized spacial score (nSPS) is 17.1. The summed E-state index contributed by atoms with van der Waals surface area (Å²) in [5, 5.41) is 69.1. The molecule has 16 atom stereocenters. The van der Waals surface area contributed by atoms with E-state index in [2.05, 4.69) is 69.1 Å². The third-order valence-electron chi connectivity index (χ3n) is 15.2. The number of carbonyl (C=O) groups excluding carboxylic acids is 17. The van der Waals surface area contributed by atoms with Gasteiger partial charge in [-0.1, -0.05) is 41.5 Å². The topological polar surface area (TPSA) is 669 Å². The molecule has 1 heterocycles. The van der Waals surface area contributed by atoms with E-state index >= 15 is 0 Å². The Morgan fingerprint density at radius 1 is 0.396 bits per heavy atom. The number of rotatable bonds is 43. The molecule has 41 nitrogen and oxygen atoms in total. The highest BCUT2D eigenvalue weighted by Gasteiger charge is 2.41. The van der Waals surface area contributed by atoms with E-state index in [0.29, 0.717) is 0 Å². The Hall–Kier alpha value is -10.2. The maximum absolute atomic E-state index is 13.8. The molecule has 0 aliphatic carbocycles. The van der Waals surface area contributed by atoms with E-state index in [9.17, 15) is 112 Å². The zero-order chi connectivity index (χ0) is 77.8. The van der Waals surface area contributed by atoms with Gasteiger partial charge in [-0.25, -0.2) is 4.79 Å². The van der Waals surface area contributed by atoms with Gasteiger partial charge in [0.2, 0.25) is 100 Å². The summed E-state index contributed by atoms with van der Waals surface area (Å²) in [5.74, 6) is -22.5. The molecule has 1 fully saturated rings. The molecule has 1 rings (SSSR count). The SMILES string of the molecule is CC(C)C[C@H](NC(=O)[C@H](C)NC(=O)[C@H](C)NC(=O)[C@@H](NC(=O)[C@H](CC(N)=O)NC(=O)[C@@H](NC(=O)[C@@H]1CCCN1C(=O)CNC(=O)[C@H](CC(=O)O)NC(=O)[C@H](CC(N)=O)NC(=O)[C@H](C)NC(=O)[C@H](CC(C)C)NC(=O)[C@H](C)NC(=O)[C@H](CC(N)=O)NC(=O)[C@@H](N)[C@@H](C)O)[C@@H](C)O)C(C)C)C(=O)O. The molecular weight excluding hydrogens is 1340 g/mol. The van der Waals surface area contributed by atoms with E-state index in [0.717, 1.165) is 18.7 Å². The lowest BCUT2D eigenvalue weighted by Crippen LogP contribution is -2.62. The number of hydrogen-bond acceptors (Lipinski definition) is 22. The molecule has 0 bridgehead atoms. The van der Waals surface area contributed by atoms with Gasteiger partial charge in [-0.3, -0.25) is 86.3 Å². The van der Waals surface area contributed by atoms with E-state index in [4.69, 9.17) is 22.9 Å². The molecule has 41 heteroatoms. The van der Waals surface area contributed by atoms with Crippen LogP contribution in [0.3, 0.4) is 0 Å². The Balaban J connectivity index is 3.20. The number of carbonyl (C=O) groups is 19. The maximum atomic E-state index is 13.8. The lowest BCUT2D eigenvalue weighted by Gasteiger charge is -2.29. The monoisotopic (exact) mass is 1440 g/mol. The molecular formula is C60H100N18O23. The van der Waals surface area contributed by atoms with Crippen LogP contribution in [-0.4, -0.2) is 248 Å². The number of nitrogens with one attached hydrogen (secondary N) is 13. The molecule has 0 aromatic heterocycles. The van der Waals surface area contributed by atoms with Crippen molar-refractivity contribution < 1.29 is 112 Å². The number of primary amides is 3. The van der Waals surface area contributed by atoms with Crippen LogP contribution in [0.1, 0.15) is 134 Å². The quantitative estimate of drug-likeness (QED) is 0.0270. The lowest BCUT2D eigenvalue weighted by atomic mass is 10.0. The number of hydrogen-bond donors (Lipinski definition) is 21. The molecule has 0 aromatic rings. The summed E-state index contributed by atoms with van der Waals surface area (Å²) in [6, 6.07) is -22.1. The molecule has 25 N–H and O–H groups in total. The number of aliphatic carboxylic acids is 2. The van der Waals surface area contributed by atoms with Gasteiger partial charge in [0.25, 0.3) is 0 Å². The van der Waals surface area contributed by atoms with E-state index in [1.54, 1.807) is 27.7 Å². The van der Waals surface area contributed by atoms with Gasteiger partial charge in [-0.15, -0.1) is 0 Å². The van der Waals surface area contributed by atoms with Crippen molar-refractivity contribution in [2.24, 2.45) is 40.7 Å². The number of likely N-dealkylation sites (tertiary alicyclic amines) is 1. The number of aliphatic hydroxyl groups excluding tert-OH is 2. The summed E-state index contributed by atoms with van der Waals surface area (Å²) in [7, 11) is 0. The first-order valence-electron chi connectivity index (χ1n) is 32.3. The molecule has 1 saturated heterocycles. The van der Waals surface area contributed by atoms with Crippen molar-refractivity contribution in [1.82, 2.24) is 74.0 Å². The van der Waals surface area contributed by atoms with E-state index in [1.165, 1.54) is 41.5 Å². The van der Waals surface area contributed by atoms with Crippen LogP contribution in [0.2, 0.25) is 0 Å². The van der Waals surface area contributed by atoms with Gasteiger partial charge in [0.1, 0.15) is 84.6 Å². The number of amides is 17. The predicted molar refractivity (Wildman–Crippen MR) is 350 cm³/mol. The van der Waals surface area contributed by atoms with Gasteiger partial charge in [-0.05, 0) is 85.0 Å². The van der Waals surface area contributed by atoms with Crippen LogP contribution in [0.25, 0.3) is 0 Å². The van der Waals surface area contributed by atoms with Gasteiger partial charge in [0, 0.05) is 6.54 Å². The molecule has 568 valence electrons. The first kappa shape index (κ1) is 88.8. The molecule has 0 unspecified atom stereocenters. The fourth-order valence-electron chi connectivity index (χ4n) is 9.62. The van der Waals surface area contributed by atoms with Crippen molar-refractivity contribution in [1.29, 1.82) is 0 Å². The first-order chi connectivity index (χ1) is 46.7. The van der Waals surface area contributed by atoms with Crippen LogP contribution in [0.4, 0.5) is 0 Å². The van der Waals surface area contributed by atoms with Crippen LogP contribution in [-0.2, 0) is 91.1 Å². The second-order valence-corrected chi connectivity index (χ2v) is 25.7. The van der Waals surface area contributed by atoms with Crippen LogP contribution in [0.15, 0.2) is 0 Å². The fraction of sp³-hybridized carbons (Fsp3) is 0.683. The summed E-state index contributed by atoms with van der Waals surface area (Å²) < 4.78 is 0. The molecule has 0 spiro atoms. The standard InChI is InChI=1S/C60H100N18O23/c1-23(2)16-32(70-48(88)28(9)68-53(93)33(18-39(61)81)73-57(97)44(64)30(11)79)52(92)67-29(10)49(89)71-34(19-40(62)82)54(94)72-36(21-43(85)86)51(91)65-22-42(84)78-15-13-14-38(78)56(96)77-46(31(12)80)59(99)74-35(20-41(63)83)55(95)76-45(25(5)6)58(98)69-26(7)47(87)66-27(8)50(90)75-37(60(100)101)17-24(3)4/h23-38,44-46,79-80H,13-22,64H2,1-12H3,(H2,61,81)(H2,62,82)(H2,63,83)(H,65,91)(H,66,87)(H,67,92)(H,68,93)(H,69,98)(H,70,88)(H,71,89)(H,72,94)(H,73,97)(H,74,99)(H,75,90)(H,76,95)(H,77,96)(H,85,86)(H,100,101)/t26-,27-,28-,29-,30+,31+,32-,33-,34-,35-,36-,37-,38-,44-,45-,46-/m0/s1. The zero-order valence-electron chi connectivity index (χ0n) is 58.3. The highest BCUT2D eigenvalue weighted by Crippen LogP contribution is 2.19. The van der Waals surface area contributed by atoms with Crippen molar-refractivity contribution in [3.63, 3.8) is 0 Å². The predicted octanol–water partition coefficient (Wildman–Crippen LogP) is -9.99. The van der Waals surface area contributed by atoms with Gasteiger partial charge in [-0.2, -0.15) is 0 Å². The average molecular weight is 1440 g/mol. The largest absolute Gasteiger partial charge is 0.481 e. The second-order valence-electron chi connectivity index (χ2n) is 25.7. The summed E-state index contributed by atoms with van der Waals surface area (Å²) >= 11 is 0. The minimum atomic E-state index is -2.04. The molecule has 17 amide bonds. The third kappa shape index (κ3) is 31.3. The zero-order valence-corrected chi connectivity index (χ0v) is 58.3. The highest BCUT2D eigenvalue weighted by atomic mass is 16.4. The molecule has 1 aliphatic rings. The van der Waals surface area contributed by atoms with Crippen molar-refractivity contribution in [2.45, 2.75) is 231 Å². The minimum Gasteiger partial charge on any atom is -0.481 e. The van der Waals surface area contributed by atoms with Crippen LogP contribution < -0.4 is 92.1 Å². The molecule has 1 aliphatic heterocycles. The van der Waals surface area contributed by atoms with Crippen molar-refractivity contribution in [2.75, 3.05) is 13.1 Å². The average Bonchev–Trinajstić information content (AvgIpc) is 1.78. The van der Waals surface area contributed by atoms with Gasteiger partial charge in [0.05, 0.1) is 44.4 Å². The van der Waals surface area contributed by atoms with Gasteiger partial charge >= 0.3 is 11.9 Å². The Morgan fingerprint density at radius 2 is 0.743 bits per heavy atom. The van der Waals surface area contributed by atoms with Crippen molar-refractivity contribution in [3.8, 4) is 0 Å². The van der Waals surface area contributed by atoms with Crippen molar-refractivity contribution in [3.05, 3.63) is 0 Å². The summed E-state index contributed by atoms with van der Waals surface area (Å²) in [6.45, 7) is 15.8. The Kier molecular flexibility index (Phi) is 37.0. The minimum absolute atomic E-state index is 0.0654. The smallest absolute Gasteiger partial charge is 0.326 e. The molecule has 0 aromatic carbocycles. The van der Waals surface area contributed by atoms with E-state index in [-0.39, 0.29) is 44.1 Å². The number of aliphatic hydroxyl groups is 2. The molecule has 0 radical (unpaired) electrons. The Labute approximate surface area is 581 Å². The second kappa shape index (κ2) is 42.0. The number of nitrogens with zero attached hydrogens (tertiary/aromatic N) is 1. The number of carboxylic acid groups (broad SMARTS) is 2. The highest BCUT2D eigenvalue weighted by molar-refractivity contribution is 6.02. The van der Waals surface area contributed by atoms with Crippen molar-refractivity contribution >= 4 is 112 Å². The van der Waals surface area contributed by atoms with Gasteiger partial charge < -0.3 is 117 Å². The lowest BCUT2D eigenvalue weighted by molar-refractivity contribution is -0.143. The molecule has 0 saturated carbocycles. The summed E-state index contributed by atoms with van der Waals surface area (Å²) in [4.78, 5) is 248. The van der Waals surface area contributed by atoms with Gasteiger partial charge in [0.15, 0.2) is 0 Å². The fourth-order valence-corrected chi connectivity index (χ4v) is 9.62. The third-order valence-corrected chi connectivity index (χ3v) is 15.2. The Bertz CT molecular complexity index is 3060. The van der Waals surface area contributed by atoms with Crippen LogP contribution in [0.5, 0.6) is 0 Å². The van der Waals surface area contributed by atoms with Crippen LogP contribution >= 0.6 is 0 Å². The number of nitrogens with two attached hydrogens (primary N) is 4. The van der Waals surface area contributed by atoms with Crippen LogP contribution in [0, 0.1) is 17.8 Å².